The van der Waals surface area contributed by atoms with E-state index >= 15 is 0 Å². The number of benzene rings is 1. The first-order valence-electron chi connectivity index (χ1n) is 4.67. The van der Waals surface area contributed by atoms with E-state index in [2.05, 4.69) is 9.47 Å². The number of alkyl halides is 2. The van der Waals surface area contributed by atoms with Gasteiger partial charge in [-0.15, -0.1) is 8.78 Å². The van der Waals surface area contributed by atoms with Crippen LogP contribution in [0.4, 0.5) is 8.78 Å². The number of nitriles is 1. The predicted octanol–water partition coefficient (Wildman–Crippen LogP) is 2.00. The fourth-order valence-electron chi connectivity index (χ4n) is 1.40. The Balaban J connectivity index is 2.48. The third-order valence-electron chi connectivity index (χ3n) is 2.11. The summed E-state index contributed by atoms with van der Waals surface area (Å²) in [6.07, 6.45) is -2.85. The van der Waals surface area contributed by atoms with Crippen molar-refractivity contribution in [2.75, 3.05) is 0 Å². The van der Waals surface area contributed by atoms with E-state index in [0.29, 0.717) is 0 Å². The Hall–Kier alpha value is -2.62. The Morgan fingerprint density at radius 1 is 1.44 bits per heavy atom. The maximum atomic E-state index is 12.8. The van der Waals surface area contributed by atoms with Crippen molar-refractivity contribution in [2.45, 2.75) is 6.29 Å². The molecule has 0 unspecified atom stereocenters. The molecule has 7 heteroatoms. The van der Waals surface area contributed by atoms with Crippen LogP contribution in [0.15, 0.2) is 23.8 Å². The highest BCUT2D eigenvalue weighted by molar-refractivity contribution is 5.97. The molecule has 0 radical (unpaired) electrons. The second kappa shape index (κ2) is 4.00. The van der Waals surface area contributed by atoms with Gasteiger partial charge in [-0.25, -0.2) is 4.79 Å². The van der Waals surface area contributed by atoms with Gasteiger partial charge in [0.2, 0.25) is 0 Å². The van der Waals surface area contributed by atoms with Gasteiger partial charge >= 0.3 is 12.3 Å². The van der Waals surface area contributed by atoms with Crippen LogP contribution in [0.2, 0.25) is 0 Å². The Morgan fingerprint density at radius 2 is 2.17 bits per heavy atom. The van der Waals surface area contributed by atoms with Crippen LogP contribution in [0, 0.1) is 11.3 Å². The molecule has 0 saturated heterocycles. The third-order valence-corrected chi connectivity index (χ3v) is 2.11. The number of carbonyl (C=O) groups is 1. The molecule has 1 aliphatic heterocycles. The lowest BCUT2D eigenvalue weighted by Gasteiger charge is -2.05. The summed E-state index contributed by atoms with van der Waals surface area (Å²) in [6.45, 7) is 0. The molecule has 92 valence electrons. The highest BCUT2D eigenvalue weighted by Gasteiger charge is 2.44. The van der Waals surface area contributed by atoms with Crippen molar-refractivity contribution in [3.05, 3.63) is 29.3 Å². The fourth-order valence-corrected chi connectivity index (χ4v) is 1.40. The summed E-state index contributed by atoms with van der Waals surface area (Å²) in [5.74, 6) is -1.96. The topological polar surface area (TPSA) is 79.5 Å². The molecule has 0 spiro atoms. The summed E-state index contributed by atoms with van der Waals surface area (Å²) in [4.78, 5) is 10.7. The molecule has 2 rings (SSSR count). The van der Waals surface area contributed by atoms with Crippen LogP contribution in [0.25, 0.3) is 6.08 Å². The third kappa shape index (κ3) is 2.08. The first-order chi connectivity index (χ1) is 8.43. The SMILES string of the molecule is N#C/C(=C\c1cccc2c1OC(F)(F)O2)C(=O)O. The molecule has 0 saturated carbocycles. The number of ether oxygens (including phenoxy) is 2. The quantitative estimate of drug-likeness (QED) is 0.644. The molecule has 0 amide bonds. The largest absolute Gasteiger partial charge is 0.586 e. The highest BCUT2D eigenvalue weighted by Crippen LogP contribution is 2.43. The molecule has 1 heterocycles. The first kappa shape index (κ1) is 11.9. The van der Waals surface area contributed by atoms with E-state index in [9.17, 15) is 13.6 Å². The molecular weight excluding hydrogens is 248 g/mol. The van der Waals surface area contributed by atoms with E-state index in [0.717, 1.165) is 6.08 Å². The van der Waals surface area contributed by atoms with Crippen LogP contribution < -0.4 is 9.47 Å². The first-order valence-corrected chi connectivity index (χ1v) is 4.67. The Bertz CT molecular complexity index is 589. The van der Waals surface area contributed by atoms with E-state index in [1.165, 1.54) is 24.3 Å². The van der Waals surface area contributed by atoms with E-state index in [1.54, 1.807) is 0 Å². The molecule has 1 aromatic carbocycles. The Labute approximate surface area is 99.5 Å². The van der Waals surface area contributed by atoms with E-state index in [4.69, 9.17) is 10.4 Å². The fraction of sp³-hybridized carbons (Fsp3) is 0.0909. The minimum Gasteiger partial charge on any atom is -0.477 e. The molecule has 0 aliphatic carbocycles. The Morgan fingerprint density at radius 3 is 2.78 bits per heavy atom. The summed E-state index contributed by atoms with van der Waals surface area (Å²) in [7, 11) is 0. The summed E-state index contributed by atoms with van der Waals surface area (Å²) < 4.78 is 34.1. The van der Waals surface area contributed by atoms with Gasteiger partial charge in [-0.05, 0) is 12.1 Å². The van der Waals surface area contributed by atoms with Gasteiger partial charge < -0.3 is 14.6 Å². The average Bonchev–Trinajstić information content (AvgIpc) is 2.60. The second-order valence-corrected chi connectivity index (χ2v) is 3.32. The number of halogens is 2. The van der Waals surface area contributed by atoms with Crippen LogP contribution in [-0.4, -0.2) is 17.4 Å². The van der Waals surface area contributed by atoms with Crippen LogP contribution in [0.3, 0.4) is 0 Å². The number of hydrogen-bond acceptors (Lipinski definition) is 4. The number of aliphatic carboxylic acids is 1. The van der Waals surface area contributed by atoms with Crippen LogP contribution >= 0.6 is 0 Å². The van der Waals surface area contributed by atoms with Gasteiger partial charge in [-0.2, -0.15) is 5.26 Å². The summed E-state index contributed by atoms with van der Waals surface area (Å²) in [5, 5.41) is 17.3. The minimum atomic E-state index is -3.79. The van der Waals surface area contributed by atoms with Crippen LogP contribution in [-0.2, 0) is 4.79 Å². The van der Waals surface area contributed by atoms with Crippen LogP contribution in [0.1, 0.15) is 5.56 Å². The van der Waals surface area contributed by atoms with Gasteiger partial charge in [0, 0.05) is 5.56 Å². The van der Waals surface area contributed by atoms with Gasteiger partial charge in [0.05, 0.1) is 0 Å². The zero-order valence-electron chi connectivity index (χ0n) is 8.68. The molecular formula is C11H5F2NO4. The lowest BCUT2D eigenvalue weighted by molar-refractivity contribution is -0.286. The summed E-state index contributed by atoms with van der Waals surface area (Å²) in [6, 6.07) is 5.41. The average molecular weight is 253 g/mol. The summed E-state index contributed by atoms with van der Waals surface area (Å²) in [5.41, 5.74) is -0.564. The van der Waals surface area contributed by atoms with Crippen molar-refractivity contribution in [1.29, 1.82) is 5.26 Å². The van der Waals surface area contributed by atoms with E-state index < -0.39 is 17.8 Å². The van der Waals surface area contributed by atoms with E-state index in [1.807, 2.05) is 0 Å². The van der Waals surface area contributed by atoms with Crippen molar-refractivity contribution in [1.82, 2.24) is 0 Å². The van der Waals surface area contributed by atoms with Crippen LogP contribution in [0.5, 0.6) is 11.5 Å². The number of para-hydroxylation sites is 1. The number of carboxylic acids is 1. The van der Waals surface area contributed by atoms with Crippen molar-refractivity contribution < 1.29 is 28.2 Å². The van der Waals surface area contributed by atoms with E-state index in [-0.39, 0.29) is 17.1 Å². The molecule has 18 heavy (non-hydrogen) atoms. The second-order valence-electron chi connectivity index (χ2n) is 3.32. The normalized spacial score (nSPS) is 16.2. The highest BCUT2D eigenvalue weighted by atomic mass is 19.3. The number of fused-ring (bicyclic) bond motifs is 1. The summed E-state index contributed by atoms with van der Waals surface area (Å²) >= 11 is 0. The van der Waals surface area contributed by atoms with Gasteiger partial charge in [0.1, 0.15) is 11.6 Å². The maximum absolute atomic E-state index is 12.8. The van der Waals surface area contributed by atoms with Crippen molar-refractivity contribution in [3.63, 3.8) is 0 Å². The number of rotatable bonds is 2. The standard InChI is InChI=1S/C11H5F2NO4/c12-11(13)17-8-3-1-2-6(9(8)18-11)4-7(5-14)10(15)16/h1-4H,(H,15,16)/b7-4+. The molecule has 0 bridgehead atoms. The zero-order chi connectivity index (χ0) is 13.3. The number of carboxylic acid groups (broad SMARTS) is 1. The smallest absolute Gasteiger partial charge is 0.477 e. The molecule has 0 atom stereocenters. The zero-order valence-corrected chi connectivity index (χ0v) is 8.68. The number of nitrogens with zero attached hydrogens (tertiary/aromatic N) is 1. The molecule has 1 aliphatic rings. The predicted molar refractivity (Wildman–Crippen MR) is 53.9 cm³/mol. The number of hydrogen-bond donors (Lipinski definition) is 1. The van der Waals surface area contributed by atoms with Crippen molar-refractivity contribution >= 4 is 12.0 Å². The lowest BCUT2D eigenvalue weighted by Crippen LogP contribution is -2.26. The van der Waals surface area contributed by atoms with Gasteiger partial charge in [0.25, 0.3) is 0 Å². The lowest BCUT2D eigenvalue weighted by atomic mass is 10.1. The van der Waals surface area contributed by atoms with Gasteiger partial charge in [-0.1, -0.05) is 12.1 Å². The van der Waals surface area contributed by atoms with Crippen molar-refractivity contribution in [3.8, 4) is 17.6 Å². The molecule has 1 aromatic rings. The molecule has 5 nitrogen and oxygen atoms in total. The van der Waals surface area contributed by atoms with Gasteiger partial charge in [0.15, 0.2) is 11.5 Å². The Kier molecular flexibility index (Phi) is 2.63. The van der Waals surface area contributed by atoms with Crippen molar-refractivity contribution in [2.24, 2.45) is 0 Å². The molecule has 1 N–H and O–H groups in total. The molecule has 0 aromatic heterocycles. The molecule has 0 fully saturated rings. The monoisotopic (exact) mass is 253 g/mol. The van der Waals surface area contributed by atoms with Gasteiger partial charge in [-0.3, -0.25) is 0 Å². The maximum Gasteiger partial charge on any atom is 0.586 e. The minimum absolute atomic E-state index is 0.0311.